The van der Waals surface area contributed by atoms with Crippen LogP contribution in [0.5, 0.6) is 5.75 Å². The van der Waals surface area contributed by atoms with Crippen LogP contribution in [0.2, 0.25) is 0 Å². The van der Waals surface area contributed by atoms with Crippen LogP contribution in [0.1, 0.15) is 31.5 Å². The van der Waals surface area contributed by atoms with Gasteiger partial charge in [0.05, 0.1) is 0 Å². The highest BCUT2D eigenvalue weighted by atomic mass is 16.5. The zero-order valence-electron chi connectivity index (χ0n) is 9.72. The zero-order chi connectivity index (χ0) is 12.6. The minimum absolute atomic E-state index is 0.157. The third-order valence-corrected chi connectivity index (χ3v) is 1.86. The quantitative estimate of drug-likeness (QED) is 0.859. The maximum absolute atomic E-state index is 10.7. The van der Waals surface area contributed by atoms with Crippen LogP contribution in [0.25, 0.3) is 11.2 Å². The van der Waals surface area contributed by atoms with Crippen molar-refractivity contribution in [2.24, 2.45) is 0 Å². The van der Waals surface area contributed by atoms with Crippen LogP contribution in [0.4, 0.5) is 0 Å². The summed E-state index contributed by atoms with van der Waals surface area (Å²) >= 11 is 0. The van der Waals surface area contributed by atoms with Gasteiger partial charge in [-0.05, 0) is 20.8 Å². The number of carboxylic acid groups (broad SMARTS) is 1. The first-order chi connectivity index (χ1) is 7.87. The van der Waals surface area contributed by atoms with Gasteiger partial charge in [-0.2, -0.15) is 4.98 Å². The second kappa shape index (κ2) is 3.73. The number of pyridine rings is 1. The van der Waals surface area contributed by atoms with Crippen molar-refractivity contribution in [3.63, 3.8) is 0 Å². The minimum Gasteiger partial charge on any atom is -0.486 e. The van der Waals surface area contributed by atoms with E-state index in [1.54, 1.807) is 6.07 Å². The number of oxazole rings is 1. The van der Waals surface area contributed by atoms with Gasteiger partial charge in [0, 0.05) is 12.3 Å². The fourth-order valence-corrected chi connectivity index (χ4v) is 1.32. The average molecular weight is 236 g/mol. The van der Waals surface area contributed by atoms with Gasteiger partial charge in [-0.3, -0.25) is 0 Å². The molecule has 2 aromatic heterocycles. The van der Waals surface area contributed by atoms with Gasteiger partial charge in [-0.1, -0.05) is 0 Å². The Labute approximate surface area is 97.2 Å². The Balaban J connectivity index is 2.53. The fraction of sp³-hybridized carbons (Fsp3) is 0.364. The van der Waals surface area contributed by atoms with Crippen molar-refractivity contribution in [2.75, 3.05) is 0 Å². The van der Waals surface area contributed by atoms with Gasteiger partial charge in [0.1, 0.15) is 5.60 Å². The Morgan fingerprint density at radius 3 is 2.76 bits per heavy atom. The summed E-state index contributed by atoms with van der Waals surface area (Å²) in [5, 5.41) is 8.78. The molecule has 2 rings (SSSR count). The first-order valence-electron chi connectivity index (χ1n) is 5.05. The molecule has 2 aromatic rings. The summed E-state index contributed by atoms with van der Waals surface area (Å²) in [6, 6.07) is 1.63. The molecule has 2 heterocycles. The summed E-state index contributed by atoms with van der Waals surface area (Å²) in [4.78, 5) is 18.5. The SMILES string of the molecule is CC(C)(C)Oc1ccnc2oc(C(=O)O)nc12. The van der Waals surface area contributed by atoms with Crippen molar-refractivity contribution in [1.82, 2.24) is 9.97 Å². The number of hydrogen-bond donors (Lipinski definition) is 1. The summed E-state index contributed by atoms with van der Waals surface area (Å²) in [6.45, 7) is 5.66. The molecule has 0 aliphatic heterocycles. The van der Waals surface area contributed by atoms with Crippen LogP contribution in [-0.2, 0) is 0 Å². The van der Waals surface area contributed by atoms with E-state index in [2.05, 4.69) is 9.97 Å². The Hall–Kier alpha value is -2.11. The van der Waals surface area contributed by atoms with E-state index < -0.39 is 17.5 Å². The standard InChI is InChI=1S/C11H12N2O4/c1-11(2,3)17-6-4-5-12-8-7(6)13-9(16-8)10(14)15/h4-5H,1-3H3,(H,14,15). The van der Waals surface area contributed by atoms with Gasteiger partial charge < -0.3 is 14.3 Å². The fourth-order valence-electron chi connectivity index (χ4n) is 1.32. The molecule has 90 valence electrons. The molecule has 0 amide bonds. The van der Waals surface area contributed by atoms with Crippen molar-refractivity contribution in [1.29, 1.82) is 0 Å². The summed E-state index contributed by atoms with van der Waals surface area (Å²) in [6.07, 6.45) is 1.49. The molecule has 0 radical (unpaired) electrons. The van der Waals surface area contributed by atoms with Crippen LogP contribution in [-0.4, -0.2) is 26.6 Å². The Bertz CT molecular complexity index is 568. The molecule has 0 spiro atoms. The molecule has 17 heavy (non-hydrogen) atoms. The summed E-state index contributed by atoms with van der Waals surface area (Å²) in [5.74, 6) is -1.17. The van der Waals surface area contributed by atoms with Gasteiger partial charge in [-0.25, -0.2) is 9.78 Å². The second-order valence-corrected chi connectivity index (χ2v) is 4.50. The van der Waals surface area contributed by atoms with Crippen LogP contribution < -0.4 is 4.74 Å². The van der Waals surface area contributed by atoms with Crippen LogP contribution in [0.3, 0.4) is 0 Å². The highest BCUT2D eigenvalue weighted by molar-refractivity contribution is 5.87. The smallest absolute Gasteiger partial charge is 0.392 e. The van der Waals surface area contributed by atoms with Gasteiger partial charge >= 0.3 is 11.9 Å². The maximum Gasteiger partial charge on any atom is 0.392 e. The molecule has 1 N–H and O–H groups in total. The van der Waals surface area contributed by atoms with Gasteiger partial charge in [0.2, 0.25) is 0 Å². The molecule has 0 aromatic carbocycles. The molecule has 0 unspecified atom stereocenters. The third kappa shape index (κ3) is 2.35. The molecule has 0 fully saturated rings. The number of ether oxygens (including phenoxy) is 1. The lowest BCUT2D eigenvalue weighted by molar-refractivity contribution is 0.0656. The first-order valence-corrected chi connectivity index (χ1v) is 5.05. The lowest BCUT2D eigenvalue weighted by Gasteiger charge is -2.20. The minimum atomic E-state index is -1.23. The number of fused-ring (bicyclic) bond motifs is 1. The molecular weight excluding hydrogens is 224 g/mol. The first kappa shape index (κ1) is 11.4. The van der Waals surface area contributed by atoms with Crippen molar-refractivity contribution < 1.29 is 19.1 Å². The number of nitrogens with zero attached hydrogens (tertiary/aromatic N) is 2. The molecule has 6 heteroatoms. The lowest BCUT2D eigenvalue weighted by atomic mass is 10.2. The van der Waals surface area contributed by atoms with E-state index in [0.29, 0.717) is 11.3 Å². The molecule has 6 nitrogen and oxygen atoms in total. The lowest BCUT2D eigenvalue weighted by Crippen LogP contribution is -2.23. The molecule has 0 atom stereocenters. The maximum atomic E-state index is 10.7. The van der Waals surface area contributed by atoms with E-state index in [1.807, 2.05) is 20.8 Å². The van der Waals surface area contributed by atoms with Crippen molar-refractivity contribution in [3.05, 3.63) is 18.2 Å². The van der Waals surface area contributed by atoms with Crippen molar-refractivity contribution >= 4 is 17.2 Å². The predicted molar refractivity (Wildman–Crippen MR) is 59.1 cm³/mol. The molecule has 0 bridgehead atoms. The largest absolute Gasteiger partial charge is 0.486 e. The molecule has 0 aliphatic carbocycles. The second-order valence-electron chi connectivity index (χ2n) is 4.50. The summed E-state index contributed by atoms with van der Waals surface area (Å²) in [5.41, 5.74) is 0.0698. The summed E-state index contributed by atoms with van der Waals surface area (Å²) < 4.78 is 10.6. The molecule has 0 aliphatic rings. The highest BCUT2D eigenvalue weighted by Gasteiger charge is 2.20. The van der Waals surface area contributed by atoms with E-state index in [0.717, 1.165) is 0 Å². The van der Waals surface area contributed by atoms with Crippen LogP contribution in [0, 0.1) is 0 Å². The van der Waals surface area contributed by atoms with E-state index in [4.69, 9.17) is 14.3 Å². The third-order valence-electron chi connectivity index (χ3n) is 1.86. The van der Waals surface area contributed by atoms with E-state index in [-0.39, 0.29) is 5.71 Å². The predicted octanol–water partition coefficient (Wildman–Crippen LogP) is 2.10. The number of aromatic nitrogens is 2. The normalized spacial score (nSPS) is 11.7. The molecular formula is C11H12N2O4. The van der Waals surface area contributed by atoms with E-state index in [9.17, 15) is 4.79 Å². The highest BCUT2D eigenvalue weighted by Crippen LogP contribution is 2.26. The van der Waals surface area contributed by atoms with Gasteiger partial charge in [0.15, 0.2) is 11.3 Å². The van der Waals surface area contributed by atoms with Gasteiger partial charge in [0.25, 0.3) is 5.71 Å². The zero-order valence-corrected chi connectivity index (χ0v) is 9.72. The summed E-state index contributed by atoms with van der Waals surface area (Å²) in [7, 11) is 0. The Morgan fingerprint density at radius 1 is 1.47 bits per heavy atom. The number of rotatable bonds is 2. The Morgan fingerprint density at radius 2 is 2.18 bits per heavy atom. The Kier molecular flexibility index (Phi) is 2.49. The monoisotopic (exact) mass is 236 g/mol. The number of aromatic carboxylic acids is 1. The number of carboxylic acids is 1. The average Bonchev–Trinajstić information content (AvgIpc) is 2.60. The number of carbonyl (C=O) groups is 1. The molecule has 0 saturated carbocycles. The van der Waals surface area contributed by atoms with E-state index >= 15 is 0 Å². The van der Waals surface area contributed by atoms with E-state index in [1.165, 1.54) is 6.20 Å². The van der Waals surface area contributed by atoms with Gasteiger partial charge in [-0.15, -0.1) is 0 Å². The van der Waals surface area contributed by atoms with Crippen LogP contribution in [0.15, 0.2) is 16.7 Å². The van der Waals surface area contributed by atoms with Crippen LogP contribution >= 0.6 is 0 Å². The van der Waals surface area contributed by atoms with Crippen molar-refractivity contribution in [2.45, 2.75) is 26.4 Å². The van der Waals surface area contributed by atoms with Crippen molar-refractivity contribution in [3.8, 4) is 5.75 Å². The molecule has 0 saturated heterocycles. The number of hydrogen-bond acceptors (Lipinski definition) is 5. The topological polar surface area (TPSA) is 85.5 Å².